The maximum atomic E-state index is 3.57. The molecule has 0 N–H and O–H groups in total. The van der Waals surface area contributed by atoms with Crippen molar-refractivity contribution in [2.45, 2.75) is 0 Å². The van der Waals surface area contributed by atoms with E-state index in [4.69, 9.17) is 0 Å². The average molecular weight is 1680 g/mol. The van der Waals surface area contributed by atoms with Gasteiger partial charge in [-0.05, 0) is 207 Å². The van der Waals surface area contributed by atoms with Crippen LogP contribution in [0.3, 0.4) is 0 Å². The van der Waals surface area contributed by atoms with Crippen molar-refractivity contribution in [1.82, 2.24) is 0 Å². The molecule has 0 aliphatic heterocycles. The third kappa shape index (κ3) is 12.6. The van der Waals surface area contributed by atoms with Crippen molar-refractivity contribution in [3.63, 3.8) is 0 Å². The largest absolute Gasteiger partial charge is 0.135 e. The number of thiophene rings is 4. The van der Waals surface area contributed by atoms with Crippen molar-refractivity contribution in [2.75, 3.05) is 0 Å². The van der Waals surface area contributed by atoms with Crippen LogP contribution in [0.1, 0.15) is 0 Å². The van der Waals surface area contributed by atoms with Crippen LogP contribution in [0.2, 0.25) is 0 Å². The quantitative estimate of drug-likeness (QED) is 0.161. The zero-order valence-electron chi connectivity index (χ0n) is 56.6. The van der Waals surface area contributed by atoms with E-state index in [1.165, 1.54) is 190 Å². The molecule has 22 rings (SSSR count). The first-order chi connectivity index (χ1) is 52.1. The molecule has 0 saturated heterocycles. The van der Waals surface area contributed by atoms with Crippen molar-refractivity contribution in [3.05, 3.63) is 370 Å². The molecule has 0 aliphatic carbocycles. The molecule has 0 radical (unpaired) electrons. The fraction of sp³-hybridized carbons (Fsp3) is 0. The predicted octanol–water partition coefficient (Wildman–Crippen LogP) is 33.4. The zero-order valence-corrected chi connectivity index (χ0v) is 66.2. The highest BCUT2D eigenvalue weighted by Crippen LogP contribution is 2.48. The molecule has 502 valence electrons. The Kier molecular flexibility index (Phi) is 17.9. The predicted molar refractivity (Wildman–Crippen MR) is 483 cm³/mol. The molecule has 0 spiro atoms. The van der Waals surface area contributed by atoms with Gasteiger partial charge in [0.1, 0.15) is 0 Å². The van der Waals surface area contributed by atoms with Crippen molar-refractivity contribution in [1.29, 1.82) is 0 Å². The summed E-state index contributed by atoms with van der Waals surface area (Å²) in [6, 6.07) is 127. The minimum absolute atomic E-state index is 1.10. The summed E-state index contributed by atoms with van der Waals surface area (Å²) in [7, 11) is 0. The van der Waals surface area contributed by atoms with Gasteiger partial charge in [0.2, 0.25) is 0 Å². The lowest BCUT2D eigenvalue weighted by molar-refractivity contribution is 1.59. The smallest absolute Gasteiger partial charge is 0.0434 e. The van der Waals surface area contributed by atoms with Crippen LogP contribution in [0.4, 0.5) is 0 Å². The van der Waals surface area contributed by atoms with Gasteiger partial charge in [-0.25, -0.2) is 0 Å². The Morgan fingerprint density at radius 3 is 0.953 bits per heavy atom. The van der Waals surface area contributed by atoms with Gasteiger partial charge < -0.3 is 0 Å². The Morgan fingerprint density at radius 2 is 0.472 bits per heavy atom. The van der Waals surface area contributed by atoms with Crippen LogP contribution in [0.25, 0.3) is 190 Å². The molecule has 0 amide bonds. The molecule has 18 aromatic carbocycles. The van der Waals surface area contributed by atoms with Gasteiger partial charge in [-0.15, -0.1) is 45.3 Å². The highest BCUT2D eigenvalue weighted by molar-refractivity contribution is 9.11. The standard InChI is InChI=1S/C28H17BrS.C26H15BrS.2C22H13BrS/c29-22-15-12-19(13-16-22)18-8-10-21(11-9-18)24-6-3-7-25-27-23-5-2-1-4-20(23)14-17-26(27)30-28(24)25;27-20-12-10-17-14-19(9-8-18(17)15-20)22-6-3-7-23-25-21-5-2-1-4-16(21)11-13-24(25)28-26(22)23;23-16-11-8-15(9-12-16)18-6-3-7-19-21-17-5-2-1-4-14(17)10-13-20(21)24-22(18)19;23-18-8-5-14(6-9-18)17-7-10-21-19(12-17)20-11-15-3-1-2-4-16(15)13-22(20)24-21/h1-17H;1-15H;2*1-13H. The maximum absolute atomic E-state index is 3.57. The summed E-state index contributed by atoms with van der Waals surface area (Å²) in [4.78, 5) is 0. The lowest BCUT2D eigenvalue weighted by atomic mass is 9.98. The normalized spacial score (nSPS) is 11.6. The first-order valence-electron chi connectivity index (χ1n) is 35.1. The molecule has 4 aromatic heterocycles. The zero-order chi connectivity index (χ0) is 70.9. The first-order valence-corrected chi connectivity index (χ1v) is 41.5. The summed E-state index contributed by atoms with van der Waals surface area (Å²) >= 11 is 21.7. The minimum Gasteiger partial charge on any atom is -0.135 e. The van der Waals surface area contributed by atoms with Gasteiger partial charge in [-0.1, -0.05) is 319 Å². The third-order valence-electron chi connectivity index (χ3n) is 20.3. The maximum Gasteiger partial charge on any atom is 0.0434 e. The highest BCUT2D eigenvalue weighted by atomic mass is 79.9. The monoisotopic (exact) mass is 1680 g/mol. The Hall–Kier alpha value is -9.94. The van der Waals surface area contributed by atoms with Gasteiger partial charge in [-0.3, -0.25) is 0 Å². The molecule has 0 bridgehead atoms. The fourth-order valence-electron chi connectivity index (χ4n) is 15.2. The summed E-state index contributed by atoms with van der Waals surface area (Å²) in [6.45, 7) is 0. The second-order valence-electron chi connectivity index (χ2n) is 26.6. The van der Waals surface area contributed by atoms with E-state index in [0.717, 1.165) is 17.9 Å². The summed E-state index contributed by atoms with van der Waals surface area (Å²) in [5, 5.41) is 24.0. The van der Waals surface area contributed by atoms with Crippen molar-refractivity contribution in [3.8, 4) is 55.6 Å². The Labute approximate surface area is 662 Å². The van der Waals surface area contributed by atoms with Gasteiger partial charge >= 0.3 is 0 Å². The van der Waals surface area contributed by atoms with Crippen LogP contribution in [-0.2, 0) is 0 Å². The minimum atomic E-state index is 1.10. The number of benzene rings is 18. The fourth-order valence-corrected chi connectivity index (χ4v) is 21.2. The Bertz CT molecular complexity index is 7160. The lowest BCUT2D eigenvalue weighted by Gasteiger charge is -2.07. The molecule has 0 nitrogen and oxygen atoms in total. The van der Waals surface area contributed by atoms with E-state index in [1.807, 2.05) is 45.3 Å². The van der Waals surface area contributed by atoms with Crippen LogP contribution in [0.15, 0.2) is 370 Å². The van der Waals surface area contributed by atoms with Gasteiger partial charge in [0, 0.05) is 98.6 Å². The van der Waals surface area contributed by atoms with E-state index in [1.54, 1.807) is 0 Å². The molecule has 4 heterocycles. The van der Waals surface area contributed by atoms with Crippen LogP contribution in [-0.4, -0.2) is 0 Å². The van der Waals surface area contributed by atoms with E-state index in [2.05, 4.69) is 416 Å². The van der Waals surface area contributed by atoms with Gasteiger partial charge in [0.15, 0.2) is 0 Å². The van der Waals surface area contributed by atoms with E-state index in [9.17, 15) is 0 Å². The SMILES string of the molecule is Brc1ccc(-c2ccc(-c3cccc4c3sc3ccc5ccccc5c34)cc2)cc1.Brc1ccc(-c2ccc3sc4cc5ccccc5cc4c3c2)cc1.Brc1ccc(-c2cccc3c2sc2ccc4ccccc4c23)cc1.Brc1ccc2cc(-c3cccc4c3sc3ccc5ccccc5c34)ccc2c1. The molecule has 0 fully saturated rings. The lowest BCUT2D eigenvalue weighted by Crippen LogP contribution is -1.81. The van der Waals surface area contributed by atoms with E-state index in [0.29, 0.717) is 0 Å². The molecule has 0 aliphatic rings. The van der Waals surface area contributed by atoms with Crippen LogP contribution in [0, 0.1) is 0 Å². The van der Waals surface area contributed by atoms with Gasteiger partial charge in [0.05, 0.1) is 0 Å². The molecule has 0 atom stereocenters. The third-order valence-corrected chi connectivity index (χ3v) is 27.1. The number of fused-ring (bicyclic) bond motifs is 20. The topological polar surface area (TPSA) is 0 Å². The first kappa shape index (κ1) is 66.7. The van der Waals surface area contributed by atoms with E-state index >= 15 is 0 Å². The second kappa shape index (κ2) is 28.4. The molecular weight excluding hydrogens is 1620 g/mol. The molecule has 0 saturated carbocycles. The van der Waals surface area contributed by atoms with E-state index in [-0.39, 0.29) is 0 Å². The number of rotatable bonds is 5. The Balaban J connectivity index is 0.0000000971. The van der Waals surface area contributed by atoms with Crippen molar-refractivity contribution in [2.24, 2.45) is 0 Å². The highest BCUT2D eigenvalue weighted by Gasteiger charge is 2.18. The van der Waals surface area contributed by atoms with Crippen molar-refractivity contribution < 1.29 is 0 Å². The van der Waals surface area contributed by atoms with Crippen molar-refractivity contribution >= 4 is 244 Å². The van der Waals surface area contributed by atoms with Crippen LogP contribution in [0.5, 0.6) is 0 Å². The summed E-state index contributed by atoms with van der Waals surface area (Å²) in [5.41, 5.74) is 12.7. The molecule has 0 unspecified atom stereocenters. The summed E-state index contributed by atoms with van der Waals surface area (Å²) < 4.78 is 15.3. The number of halogens is 4. The van der Waals surface area contributed by atoms with E-state index < -0.39 is 0 Å². The molecular formula is C98H58Br4S4. The second-order valence-corrected chi connectivity index (χ2v) is 34.5. The number of hydrogen-bond acceptors (Lipinski definition) is 4. The summed E-state index contributed by atoms with van der Waals surface area (Å²) in [6.07, 6.45) is 0. The average Bonchev–Trinajstić information content (AvgIpc) is 1.60. The van der Waals surface area contributed by atoms with Gasteiger partial charge in [0.25, 0.3) is 0 Å². The van der Waals surface area contributed by atoms with Crippen LogP contribution >= 0.6 is 109 Å². The van der Waals surface area contributed by atoms with Crippen LogP contribution < -0.4 is 0 Å². The Morgan fingerprint density at radius 1 is 0.160 bits per heavy atom. The molecule has 22 aromatic rings. The summed E-state index contributed by atoms with van der Waals surface area (Å²) in [5.74, 6) is 0. The van der Waals surface area contributed by atoms with Gasteiger partial charge in [-0.2, -0.15) is 0 Å². The number of hydrogen-bond donors (Lipinski definition) is 0. The molecule has 8 heteroatoms. The molecule has 106 heavy (non-hydrogen) atoms.